The minimum Gasteiger partial charge on any atom is -0.463 e. The molecule has 3 aromatic rings. The predicted molar refractivity (Wildman–Crippen MR) is 137 cm³/mol. The van der Waals surface area contributed by atoms with Gasteiger partial charge in [-0.25, -0.2) is 9.79 Å². The van der Waals surface area contributed by atoms with Crippen molar-refractivity contribution in [2.24, 2.45) is 4.99 Å². The first-order chi connectivity index (χ1) is 16.5. The van der Waals surface area contributed by atoms with Crippen molar-refractivity contribution >= 4 is 29.1 Å². The Morgan fingerprint density at radius 2 is 1.76 bits per heavy atom. The van der Waals surface area contributed by atoms with Crippen LogP contribution in [0.1, 0.15) is 44.9 Å². The average Bonchev–Trinajstić information content (AvgIpc) is 3.15. The van der Waals surface area contributed by atoms with Gasteiger partial charge in [-0.1, -0.05) is 53.8 Å². The normalized spacial score (nSPS) is 15.6. The lowest BCUT2D eigenvalue weighted by Gasteiger charge is -2.24. The summed E-state index contributed by atoms with van der Waals surface area (Å²) >= 11 is 1.34. The van der Waals surface area contributed by atoms with Gasteiger partial charge >= 0.3 is 5.97 Å². The number of fused-ring (bicyclic) bond motifs is 1. The zero-order valence-electron chi connectivity index (χ0n) is 19.9. The number of hydrogen-bond acceptors (Lipinski definition) is 6. The van der Waals surface area contributed by atoms with E-state index in [1.165, 1.54) is 11.3 Å². The van der Waals surface area contributed by atoms with Crippen LogP contribution in [0.4, 0.5) is 5.69 Å². The second-order valence-corrected chi connectivity index (χ2v) is 8.99. The summed E-state index contributed by atoms with van der Waals surface area (Å²) in [6, 6.07) is 17.2. The van der Waals surface area contributed by atoms with Gasteiger partial charge in [-0.3, -0.25) is 9.36 Å². The van der Waals surface area contributed by atoms with Gasteiger partial charge in [0.1, 0.15) is 0 Å². The molecule has 1 aliphatic rings. The topological polar surface area (TPSA) is 63.9 Å². The maximum Gasteiger partial charge on any atom is 0.338 e. The van der Waals surface area contributed by atoms with Gasteiger partial charge in [0.15, 0.2) is 4.80 Å². The number of carbonyl (C=O) groups is 1. The van der Waals surface area contributed by atoms with Crippen LogP contribution in [0.25, 0.3) is 6.08 Å². The van der Waals surface area contributed by atoms with Gasteiger partial charge in [0.2, 0.25) is 0 Å². The van der Waals surface area contributed by atoms with Crippen molar-refractivity contribution in [2.75, 3.05) is 24.6 Å². The number of allylic oxidation sites excluding steroid dienone is 1. The second-order valence-electron chi connectivity index (χ2n) is 7.98. The molecule has 0 radical (unpaired) electrons. The molecule has 1 atom stereocenters. The molecular formula is C27H29N3O3S. The quantitative estimate of drug-likeness (QED) is 0.490. The van der Waals surface area contributed by atoms with E-state index in [9.17, 15) is 9.59 Å². The SMILES string of the molecule is CCOC(=O)C1=C(C)N=c2s/c(=C\c3ccc(N(CC)CC)cc3)c(=O)n2[C@@H]1c1ccccc1. The van der Waals surface area contributed by atoms with E-state index < -0.39 is 12.0 Å². The van der Waals surface area contributed by atoms with Crippen LogP contribution in [0.2, 0.25) is 0 Å². The van der Waals surface area contributed by atoms with Gasteiger partial charge in [-0.15, -0.1) is 0 Å². The fraction of sp³-hybridized carbons (Fsp3) is 0.296. The first-order valence-corrected chi connectivity index (χ1v) is 12.4. The molecule has 4 rings (SSSR count). The Bertz CT molecular complexity index is 1380. The summed E-state index contributed by atoms with van der Waals surface area (Å²) in [5, 5.41) is 0. The first kappa shape index (κ1) is 23.7. The van der Waals surface area contributed by atoms with Crippen LogP contribution in [-0.2, 0) is 9.53 Å². The minimum absolute atomic E-state index is 0.167. The van der Waals surface area contributed by atoms with Crippen molar-refractivity contribution < 1.29 is 9.53 Å². The first-order valence-electron chi connectivity index (χ1n) is 11.6. The standard InChI is InChI=1S/C27H29N3O3S/c1-5-29(6-2)21-15-13-19(14-16-21)17-22-25(31)30-24(20-11-9-8-10-12-20)23(26(32)33-7-3)18(4)28-27(30)34-22/h8-17,24H,5-7H2,1-4H3/b22-17-/t24-/m1/s1. The summed E-state index contributed by atoms with van der Waals surface area (Å²) in [6.07, 6.45) is 1.89. The van der Waals surface area contributed by atoms with Gasteiger partial charge < -0.3 is 9.64 Å². The number of carbonyl (C=O) groups excluding carboxylic acids is 1. The second kappa shape index (κ2) is 10.2. The fourth-order valence-electron chi connectivity index (χ4n) is 4.26. The number of nitrogens with zero attached hydrogens (tertiary/aromatic N) is 3. The van der Waals surface area contributed by atoms with E-state index in [1.807, 2.05) is 48.5 Å². The van der Waals surface area contributed by atoms with Crippen LogP contribution < -0.4 is 19.8 Å². The molecule has 1 aliphatic heterocycles. The molecule has 0 saturated carbocycles. The zero-order chi connectivity index (χ0) is 24.2. The number of ether oxygens (including phenoxy) is 1. The molecule has 0 fully saturated rings. The van der Waals surface area contributed by atoms with Gasteiger partial charge in [0, 0.05) is 18.8 Å². The summed E-state index contributed by atoms with van der Waals surface area (Å²) in [6.45, 7) is 9.97. The Kier molecular flexibility index (Phi) is 7.12. The molecule has 0 amide bonds. The smallest absolute Gasteiger partial charge is 0.338 e. The van der Waals surface area contributed by atoms with Gasteiger partial charge in [-0.2, -0.15) is 0 Å². The summed E-state index contributed by atoms with van der Waals surface area (Å²) in [4.78, 5) is 34.0. The molecule has 0 aliphatic carbocycles. The van der Waals surface area contributed by atoms with Crippen molar-refractivity contribution in [2.45, 2.75) is 33.7 Å². The van der Waals surface area contributed by atoms with E-state index >= 15 is 0 Å². The number of benzene rings is 2. The molecular weight excluding hydrogens is 446 g/mol. The molecule has 34 heavy (non-hydrogen) atoms. The number of esters is 1. The Morgan fingerprint density at radius 3 is 2.38 bits per heavy atom. The van der Waals surface area contributed by atoms with Crippen LogP contribution in [0.3, 0.4) is 0 Å². The monoisotopic (exact) mass is 475 g/mol. The number of hydrogen-bond donors (Lipinski definition) is 0. The predicted octanol–water partition coefficient (Wildman–Crippen LogP) is 3.64. The fourth-order valence-corrected chi connectivity index (χ4v) is 5.31. The van der Waals surface area contributed by atoms with Gasteiger partial charge in [0.25, 0.3) is 5.56 Å². The highest BCUT2D eigenvalue weighted by atomic mass is 32.1. The highest BCUT2D eigenvalue weighted by Crippen LogP contribution is 2.30. The summed E-state index contributed by atoms with van der Waals surface area (Å²) < 4.78 is 7.53. The molecule has 6 nitrogen and oxygen atoms in total. The Morgan fingerprint density at radius 1 is 1.09 bits per heavy atom. The highest BCUT2D eigenvalue weighted by Gasteiger charge is 2.33. The summed E-state index contributed by atoms with van der Waals surface area (Å²) in [5.74, 6) is -0.445. The molecule has 176 valence electrons. The third-order valence-electron chi connectivity index (χ3n) is 5.95. The summed E-state index contributed by atoms with van der Waals surface area (Å²) in [7, 11) is 0. The molecule has 0 saturated heterocycles. The van der Waals surface area contributed by atoms with E-state index in [4.69, 9.17) is 4.74 Å². The van der Waals surface area contributed by atoms with E-state index in [-0.39, 0.29) is 12.2 Å². The minimum atomic E-state index is -0.580. The van der Waals surface area contributed by atoms with Crippen LogP contribution in [0.15, 0.2) is 75.7 Å². The maximum absolute atomic E-state index is 13.6. The van der Waals surface area contributed by atoms with Crippen molar-refractivity contribution in [3.63, 3.8) is 0 Å². The lowest BCUT2D eigenvalue weighted by molar-refractivity contribution is -0.139. The Balaban J connectivity index is 1.84. The lowest BCUT2D eigenvalue weighted by atomic mass is 9.96. The zero-order valence-corrected chi connectivity index (χ0v) is 20.8. The molecule has 1 aromatic heterocycles. The van der Waals surface area contributed by atoms with Crippen LogP contribution in [0, 0.1) is 0 Å². The van der Waals surface area contributed by atoms with E-state index in [2.05, 4.69) is 35.9 Å². The lowest BCUT2D eigenvalue weighted by Crippen LogP contribution is -2.39. The number of aromatic nitrogens is 1. The van der Waals surface area contributed by atoms with Crippen molar-refractivity contribution in [3.05, 3.63) is 96.7 Å². The molecule has 7 heteroatoms. The number of anilines is 1. The third-order valence-corrected chi connectivity index (χ3v) is 6.93. The average molecular weight is 476 g/mol. The van der Waals surface area contributed by atoms with Crippen LogP contribution >= 0.6 is 11.3 Å². The Hall–Kier alpha value is -3.45. The van der Waals surface area contributed by atoms with Crippen LogP contribution in [-0.4, -0.2) is 30.2 Å². The van der Waals surface area contributed by atoms with Crippen molar-refractivity contribution in [3.8, 4) is 0 Å². The number of rotatable bonds is 7. The molecule has 0 spiro atoms. The van der Waals surface area contributed by atoms with E-state index in [0.717, 1.165) is 29.9 Å². The molecule has 0 N–H and O–H groups in total. The summed E-state index contributed by atoms with van der Waals surface area (Å²) in [5.41, 5.74) is 3.75. The Labute approximate surface area is 203 Å². The largest absolute Gasteiger partial charge is 0.463 e. The van der Waals surface area contributed by atoms with Crippen molar-refractivity contribution in [1.82, 2.24) is 4.57 Å². The van der Waals surface area contributed by atoms with E-state index in [0.29, 0.717) is 20.6 Å². The van der Waals surface area contributed by atoms with Gasteiger partial charge in [-0.05, 0) is 57.0 Å². The highest BCUT2D eigenvalue weighted by molar-refractivity contribution is 7.07. The van der Waals surface area contributed by atoms with Gasteiger partial charge in [0.05, 0.1) is 28.5 Å². The molecule has 2 heterocycles. The molecule has 0 bridgehead atoms. The van der Waals surface area contributed by atoms with Crippen molar-refractivity contribution in [1.29, 1.82) is 0 Å². The number of thiazole rings is 1. The maximum atomic E-state index is 13.6. The third kappa shape index (κ3) is 4.48. The molecule has 2 aromatic carbocycles. The van der Waals surface area contributed by atoms with E-state index in [1.54, 1.807) is 18.4 Å². The molecule has 0 unspecified atom stereocenters. The van der Waals surface area contributed by atoms with Crippen LogP contribution in [0.5, 0.6) is 0 Å².